The van der Waals surface area contributed by atoms with Crippen molar-refractivity contribution in [3.8, 4) is 0 Å². The lowest BCUT2D eigenvalue weighted by atomic mass is 10.2. The van der Waals surface area contributed by atoms with Crippen LogP contribution in [0.4, 0.5) is 9.59 Å². The second kappa shape index (κ2) is 11.5. The van der Waals surface area contributed by atoms with Crippen LogP contribution >= 0.6 is 0 Å². The van der Waals surface area contributed by atoms with Gasteiger partial charge in [-0.15, -0.1) is 0 Å². The van der Waals surface area contributed by atoms with Crippen molar-refractivity contribution in [3.63, 3.8) is 0 Å². The molecule has 4 aromatic rings. The van der Waals surface area contributed by atoms with E-state index >= 15 is 0 Å². The van der Waals surface area contributed by atoms with Crippen molar-refractivity contribution < 1.29 is 35.9 Å². The number of H-pyrrole nitrogens is 1. The van der Waals surface area contributed by atoms with Crippen LogP contribution in [-0.4, -0.2) is 50.1 Å². The van der Waals surface area contributed by atoms with E-state index in [0.29, 0.717) is 11.1 Å². The van der Waals surface area contributed by atoms with Gasteiger partial charge in [0.2, 0.25) is 19.7 Å². The predicted octanol–water partition coefficient (Wildman–Crippen LogP) is 6.51. The first-order valence-electron chi connectivity index (χ1n) is 13.4. The SMILES string of the molecule is CC(C)(C)OC(=O)N(Cc1ccc(S(=O)(=O)c2c(S(=O)(=O)c3ccccc3)[nH]c3ccccc23)cc1)C(=O)OC(C)(C)C. The summed E-state index contributed by atoms with van der Waals surface area (Å²) in [6.07, 6.45) is -1.85. The van der Waals surface area contributed by atoms with E-state index in [1.165, 1.54) is 42.5 Å². The molecule has 1 N–H and O–H groups in total. The maximum atomic E-state index is 14.0. The van der Waals surface area contributed by atoms with Crippen molar-refractivity contribution in [1.29, 1.82) is 0 Å². The van der Waals surface area contributed by atoms with Gasteiger partial charge < -0.3 is 14.5 Å². The number of nitrogens with one attached hydrogen (secondary N) is 1. The molecule has 4 rings (SSSR count). The molecule has 10 nitrogen and oxygen atoms in total. The third-order valence-corrected chi connectivity index (χ3v) is 9.74. The van der Waals surface area contributed by atoms with Gasteiger partial charge >= 0.3 is 12.2 Å². The van der Waals surface area contributed by atoms with E-state index in [2.05, 4.69) is 4.98 Å². The molecule has 0 aliphatic heterocycles. The van der Waals surface area contributed by atoms with E-state index in [1.807, 2.05) is 0 Å². The van der Waals surface area contributed by atoms with Gasteiger partial charge in [0.15, 0.2) is 5.03 Å². The zero-order valence-electron chi connectivity index (χ0n) is 24.7. The topological polar surface area (TPSA) is 140 Å². The Morgan fingerprint density at radius 3 is 1.70 bits per heavy atom. The fourth-order valence-corrected chi connectivity index (χ4v) is 7.68. The molecule has 12 heteroatoms. The third kappa shape index (κ3) is 7.08. The Morgan fingerprint density at radius 2 is 1.16 bits per heavy atom. The molecule has 0 spiro atoms. The molecule has 0 unspecified atom stereocenters. The lowest BCUT2D eigenvalue weighted by Crippen LogP contribution is -2.43. The molecular formula is C31H34N2O8S2. The molecule has 0 aliphatic rings. The summed E-state index contributed by atoms with van der Waals surface area (Å²) in [5.41, 5.74) is -1.01. The molecule has 0 bridgehead atoms. The van der Waals surface area contributed by atoms with Crippen LogP contribution in [-0.2, 0) is 35.7 Å². The van der Waals surface area contributed by atoms with E-state index in [4.69, 9.17) is 9.47 Å². The highest BCUT2D eigenvalue weighted by molar-refractivity contribution is 7.94. The molecule has 0 radical (unpaired) electrons. The molecule has 3 aromatic carbocycles. The number of aromatic nitrogens is 1. The Bertz CT molecular complexity index is 1840. The van der Waals surface area contributed by atoms with E-state index in [9.17, 15) is 26.4 Å². The fraction of sp³-hybridized carbons (Fsp3) is 0.290. The first kappa shape index (κ1) is 31.8. The number of aromatic amines is 1. The summed E-state index contributed by atoms with van der Waals surface area (Å²) in [5, 5.41) is -0.216. The Labute approximate surface area is 251 Å². The largest absolute Gasteiger partial charge is 0.443 e. The van der Waals surface area contributed by atoms with E-state index in [0.717, 1.165) is 4.90 Å². The second-order valence-corrected chi connectivity index (χ2v) is 15.6. The van der Waals surface area contributed by atoms with Crippen LogP contribution < -0.4 is 0 Å². The average molecular weight is 627 g/mol. The molecular weight excluding hydrogens is 592 g/mol. The highest BCUT2D eigenvalue weighted by Gasteiger charge is 2.34. The molecule has 0 saturated heterocycles. The van der Waals surface area contributed by atoms with Crippen molar-refractivity contribution in [2.45, 2.75) is 79.0 Å². The third-order valence-electron chi connectivity index (χ3n) is 6.02. The zero-order valence-corrected chi connectivity index (χ0v) is 26.4. The van der Waals surface area contributed by atoms with Crippen LogP contribution in [0.25, 0.3) is 10.9 Å². The molecule has 0 atom stereocenters. The van der Waals surface area contributed by atoms with Crippen LogP contribution in [0.5, 0.6) is 0 Å². The number of para-hydroxylation sites is 1. The summed E-state index contributed by atoms with van der Waals surface area (Å²) in [7, 11) is -8.62. The first-order chi connectivity index (χ1) is 19.9. The van der Waals surface area contributed by atoms with Crippen molar-refractivity contribution >= 4 is 42.8 Å². The second-order valence-electron chi connectivity index (χ2n) is 11.8. The van der Waals surface area contributed by atoms with Gasteiger partial charge in [-0.2, -0.15) is 0 Å². The molecule has 0 fully saturated rings. The number of hydrogen-bond acceptors (Lipinski definition) is 8. The standard InChI is InChI=1S/C31H34N2O8S2/c1-30(2,3)40-28(34)33(29(35)41-31(4,5)6)20-21-16-18-23(19-17-21)42(36,37)26-24-14-10-11-15-25(24)32-27(26)43(38,39)22-12-8-7-9-13-22/h7-19,32H,20H2,1-6H3. The minimum atomic E-state index is -4.38. The summed E-state index contributed by atoms with van der Waals surface area (Å²) in [4.78, 5) is 28.8. The summed E-state index contributed by atoms with van der Waals surface area (Å²) < 4.78 is 66.1. The smallest absolute Gasteiger partial charge is 0.420 e. The van der Waals surface area contributed by atoms with Crippen LogP contribution in [0.3, 0.4) is 0 Å². The van der Waals surface area contributed by atoms with Crippen LogP contribution in [0.2, 0.25) is 0 Å². The van der Waals surface area contributed by atoms with Gasteiger partial charge in [-0.05, 0) is 77.4 Å². The van der Waals surface area contributed by atoms with Crippen molar-refractivity contribution in [2.75, 3.05) is 0 Å². The Balaban J connectivity index is 1.74. The molecule has 228 valence electrons. The Morgan fingerprint density at radius 1 is 0.674 bits per heavy atom. The monoisotopic (exact) mass is 626 g/mol. The lowest BCUT2D eigenvalue weighted by molar-refractivity contribution is -0.000266. The van der Waals surface area contributed by atoms with Crippen molar-refractivity contribution in [1.82, 2.24) is 9.88 Å². The summed E-state index contributed by atoms with van der Waals surface area (Å²) in [6.45, 7) is 9.71. The van der Waals surface area contributed by atoms with Gasteiger partial charge in [0.25, 0.3) is 0 Å². The average Bonchev–Trinajstić information content (AvgIpc) is 3.32. The maximum absolute atomic E-state index is 14.0. The van der Waals surface area contributed by atoms with Gasteiger partial charge in [0, 0.05) is 10.9 Å². The summed E-state index contributed by atoms with van der Waals surface area (Å²) >= 11 is 0. The number of nitrogens with zero attached hydrogens (tertiary/aromatic N) is 1. The molecule has 2 amide bonds. The van der Waals surface area contributed by atoms with Crippen LogP contribution in [0.1, 0.15) is 47.1 Å². The van der Waals surface area contributed by atoms with Gasteiger partial charge in [-0.3, -0.25) is 0 Å². The summed E-state index contributed by atoms with van der Waals surface area (Å²) in [5.74, 6) is 0. The minimum absolute atomic E-state index is 0.0577. The number of carbonyl (C=O) groups excluding carboxylic acids is 2. The highest BCUT2D eigenvalue weighted by Crippen LogP contribution is 2.36. The fourth-order valence-electron chi connectivity index (χ4n) is 4.18. The number of benzene rings is 3. The van der Waals surface area contributed by atoms with Crippen LogP contribution in [0, 0.1) is 0 Å². The van der Waals surface area contributed by atoms with Gasteiger partial charge in [-0.25, -0.2) is 31.3 Å². The molecule has 43 heavy (non-hydrogen) atoms. The van der Waals surface area contributed by atoms with Gasteiger partial charge in [-0.1, -0.05) is 48.5 Å². The maximum Gasteiger partial charge on any atom is 0.420 e. The van der Waals surface area contributed by atoms with Crippen molar-refractivity contribution in [2.24, 2.45) is 0 Å². The van der Waals surface area contributed by atoms with Gasteiger partial charge in [0.05, 0.1) is 16.3 Å². The number of hydrogen-bond donors (Lipinski definition) is 1. The lowest BCUT2D eigenvalue weighted by Gasteiger charge is -2.28. The van der Waals surface area contributed by atoms with Gasteiger partial charge in [0.1, 0.15) is 16.1 Å². The quantitative estimate of drug-likeness (QED) is 0.256. The Hall–Kier alpha value is -4.16. The predicted molar refractivity (Wildman–Crippen MR) is 160 cm³/mol. The van der Waals surface area contributed by atoms with E-state index < -0.39 is 48.1 Å². The normalized spacial score (nSPS) is 12.6. The van der Waals surface area contributed by atoms with Crippen molar-refractivity contribution in [3.05, 3.63) is 84.4 Å². The minimum Gasteiger partial charge on any atom is -0.443 e. The number of carbonyl (C=O) groups is 2. The number of imide groups is 1. The number of rotatable bonds is 6. The number of fused-ring (bicyclic) bond motifs is 1. The highest BCUT2D eigenvalue weighted by atomic mass is 32.2. The molecule has 1 aromatic heterocycles. The number of ether oxygens (including phenoxy) is 2. The first-order valence-corrected chi connectivity index (χ1v) is 16.4. The zero-order chi connectivity index (χ0) is 31.8. The Kier molecular flexibility index (Phi) is 8.49. The summed E-state index contributed by atoms with van der Waals surface area (Å²) in [6, 6.07) is 19.5. The molecule has 1 heterocycles. The van der Waals surface area contributed by atoms with E-state index in [-0.39, 0.29) is 26.6 Å². The molecule has 0 saturated carbocycles. The number of amides is 2. The van der Waals surface area contributed by atoms with E-state index in [1.54, 1.807) is 77.9 Å². The molecule has 0 aliphatic carbocycles. The van der Waals surface area contributed by atoms with Crippen LogP contribution in [0.15, 0.2) is 98.6 Å². The number of sulfone groups is 2.